The molecule has 166 valence electrons. The zero-order chi connectivity index (χ0) is 22.2. The minimum absolute atomic E-state index is 0.113. The molecule has 1 N–H and O–H groups in total. The molecule has 1 unspecified atom stereocenters. The van der Waals surface area contributed by atoms with E-state index in [-0.39, 0.29) is 30.3 Å². The quantitative estimate of drug-likeness (QED) is 0.647. The average molecular weight is 427 g/mol. The second-order valence-corrected chi connectivity index (χ2v) is 8.10. The molecule has 1 saturated carbocycles. The number of amides is 2. The van der Waals surface area contributed by atoms with E-state index < -0.39 is 6.04 Å². The molecule has 0 saturated heterocycles. The number of nitrogens with one attached hydrogen (secondary N) is 1. The molecule has 1 atom stereocenters. The molecule has 2 amide bonds. The first-order valence-corrected chi connectivity index (χ1v) is 11.0. The Bertz CT molecular complexity index is 879. The van der Waals surface area contributed by atoms with Crippen LogP contribution in [0.5, 0.6) is 5.75 Å². The maximum absolute atomic E-state index is 13.2. The molecular weight excluding hydrogens is 395 g/mol. The molecule has 2 aromatic carbocycles. The summed E-state index contributed by atoms with van der Waals surface area (Å²) in [7, 11) is 0. The van der Waals surface area contributed by atoms with E-state index in [9.17, 15) is 14.0 Å². The first kappa shape index (κ1) is 22.8. The molecule has 5 nitrogen and oxygen atoms in total. The number of halogens is 1. The Morgan fingerprint density at radius 1 is 1.13 bits per heavy atom. The highest BCUT2D eigenvalue weighted by atomic mass is 19.1. The van der Waals surface area contributed by atoms with Crippen LogP contribution in [0.2, 0.25) is 0 Å². The molecule has 0 radical (unpaired) electrons. The molecule has 0 aliphatic heterocycles. The van der Waals surface area contributed by atoms with Crippen molar-refractivity contribution in [1.82, 2.24) is 10.2 Å². The van der Waals surface area contributed by atoms with Crippen molar-refractivity contribution in [2.24, 2.45) is 0 Å². The second-order valence-electron chi connectivity index (χ2n) is 8.10. The second kappa shape index (κ2) is 10.9. The van der Waals surface area contributed by atoms with E-state index in [1.807, 2.05) is 38.1 Å². The van der Waals surface area contributed by atoms with Crippen molar-refractivity contribution < 1.29 is 18.7 Å². The van der Waals surface area contributed by atoms with Crippen LogP contribution in [0.25, 0.3) is 0 Å². The fourth-order valence-corrected chi connectivity index (χ4v) is 4.02. The molecule has 31 heavy (non-hydrogen) atoms. The van der Waals surface area contributed by atoms with Crippen molar-refractivity contribution >= 4 is 11.8 Å². The number of carbonyl (C=O) groups excluding carboxylic acids is 2. The Hall–Kier alpha value is -2.89. The number of benzene rings is 2. The molecule has 0 heterocycles. The molecule has 0 spiro atoms. The summed E-state index contributed by atoms with van der Waals surface area (Å²) >= 11 is 0. The van der Waals surface area contributed by atoms with Gasteiger partial charge < -0.3 is 15.0 Å². The van der Waals surface area contributed by atoms with Gasteiger partial charge in [-0.1, -0.05) is 44.0 Å². The lowest BCUT2D eigenvalue weighted by molar-refractivity contribution is -0.143. The number of rotatable bonds is 9. The fraction of sp³-hybridized carbons (Fsp3) is 0.440. The van der Waals surface area contributed by atoms with Crippen molar-refractivity contribution in [1.29, 1.82) is 0 Å². The predicted molar refractivity (Wildman–Crippen MR) is 118 cm³/mol. The van der Waals surface area contributed by atoms with Crippen LogP contribution in [0.3, 0.4) is 0 Å². The average Bonchev–Trinajstić information content (AvgIpc) is 3.27. The summed E-state index contributed by atoms with van der Waals surface area (Å²) in [6.07, 6.45) is 4.73. The van der Waals surface area contributed by atoms with Gasteiger partial charge in [0.25, 0.3) is 5.91 Å². The summed E-state index contributed by atoms with van der Waals surface area (Å²) in [6, 6.07) is 13.0. The van der Waals surface area contributed by atoms with Gasteiger partial charge >= 0.3 is 0 Å². The Morgan fingerprint density at radius 3 is 2.45 bits per heavy atom. The smallest absolute Gasteiger partial charge is 0.261 e. The first-order valence-electron chi connectivity index (χ1n) is 11.0. The van der Waals surface area contributed by atoms with Crippen molar-refractivity contribution in [2.45, 2.75) is 64.6 Å². The molecule has 6 heteroatoms. The highest BCUT2D eigenvalue weighted by molar-refractivity contribution is 5.88. The Labute approximate surface area is 183 Å². The zero-order valence-corrected chi connectivity index (χ0v) is 18.3. The van der Waals surface area contributed by atoms with E-state index in [0.717, 1.165) is 36.8 Å². The third-order valence-electron chi connectivity index (χ3n) is 5.87. The minimum atomic E-state index is -0.579. The molecule has 3 rings (SSSR count). The largest absolute Gasteiger partial charge is 0.484 e. The van der Waals surface area contributed by atoms with Gasteiger partial charge in [0.05, 0.1) is 0 Å². The normalized spacial score (nSPS) is 14.8. The number of hydrogen-bond donors (Lipinski definition) is 1. The molecule has 2 aromatic rings. The van der Waals surface area contributed by atoms with E-state index in [2.05, 4.69) is 5.32 Å². The van der Waals surface area contributed by atoms with E-state index in [0.29, 0.717) is 18.7 Å². The van der Waals surface area contributed by atoms with Gasteiger partial charge in [-0.3, -0.25) is 9.59 Å². The summed E-state index contributed by atoms with van der Waals surface area (Å²) in [5.41, 5.74) is 2.05. The maximum atomic E-state index is 13.2. The van der Waals surface area contributed by atoms with Crippen LogP contribution in [0.15, 0.2) is 48.5 Å². The Kier molecular flexibility index (Phi) is 8.04. The van der Waals surface area contributed by atoms with Crippen LogP contribution in [0, 0.1) is 12.7 Å². The Morgan fingerprint density at radius 2 is 1.81 bits per heavy atom. The predicted octanol–water partition coefficient (Wildman–Crippen LogP) is 4.38. The van der Waals surface area contributed by atoms with Gasteiger partial charge in [-0.25, -0.2) is 4.39 Å². The SMILES string of the molecule is CCC(C(=O)NC1CCCC1)N(Cc1ccccc1C)C(=O)COc1ccc(F)cc1. The van der Waals surface area contributed by atoms with E-state index >= 15 is 0 Å². The third kappa shape index (κ3) is 6.29. The van der Waals surface area contributed by atoms with E-state index in [4.69, 9.17) is 4.74 Å². The van der Waals surface area contributed by atoms with Gasteiger partial charge in [0.2, 0.25) is 5.91 Å². The van der Waals surface area contributed by atoms with Crippen molar-refractivity contribution in [3.63, 3.8) is 0 Å². The van der Waals surface area contributed by atoms with Crippen LogP contribution >= 0.6 is 0 Å². The van der Waals surface area contributed by atoms with E-state index in [1.165, 1.54) is 24.3 Å². The lowest BCUT2D eigenvalue weighted by Crippen LogP contribution is -2.52. The van der Waals surface area contributed by atoms with Crippen molar-refractivity contribution in [3.05, 3.63) is 65.5 Å². The van der Waals surface area contributed by atoms with Gasteiger partial charge in [-0.05, 0) is 61.6 Å². The fourth-order valence-electron chi connectivity index (χ4n) is 4.02. The van der Waals surface area contributed by atoms with Crippen LogP contribution in [0.1, 0.15) is 50.2 Å². The maximum Gasteiger partial charge on any atom is 0.261 e. The monoisotopic (exact) mass is 426 g/mol. The van der Waals surface area contributed by atoms with Crippen LogP contribution in [0.4, 0.5) is 4.39 Å². The highest BCUT2D eigenvalue weighted by Crippen LogP contribution is 2.20. The molecule has 0 bridgehead atoms. The summed E-state index contributed by atoms with van der Waals surface area (Å²) < 4.78 is 18.7. The summed E-state index contributed by atoms with van der Waals surface area (Å²) in [5, 5.41) is 3.13. The molecule has 1 aliphatic rings. The van der Waals surface area contributed by atoms with Gasteiger partial charge in [-0.2, -0.15) is 0 Å². The number of nitrogens with zero attached hydrogens (tertiary/aromatic N) is 1. The third-order valence-corrected chi connectivity index (χ3v) is 5.87. The number of aryl methyl sites for hydroxylation is 1. The van der Waals surface area contributed by atoms with Gasteiger partial charge in [0, 0.05) is 12.6 Å². The summed E-state index contributed by atoms with van der Waals surface area (Å²) in [5.74, 6) is -0.345. The molecule has 1 aliphatic carbocycles. The molecule has 0 aromatic heterocycles. The van der Waals surface area contributed by atoms with Crippen LogP contribution in [-0.4, -0.2) is 35.4 Å². The lowest BCUT2D eigenvalue weighted by atomic mass is 10.1. The van der Waals surface area contributed by atoms with Crippen LogP contribution < -0.4 is 10.1 Å². The number of ether oxygens (including phenoxy) is 1. The van der Waals surface area contributed by atoms with Crippen molar-refractivity contribution in [3.8, 4) is 5.75 Å². The molecule has 1 fully saturated rings. The topological polar surface area (TPSA) is 58.6 Å². The summed E-state index contributed by atoms with van der Waals surface area (Å²) in [6.45, 7) is 4.02. The van der Waals surface area contributed by atoms with Gasteiger partial charge in [0.15, 0.2) is 6.61 Å². The number of hydrogen-bond acceptors (Lipinski definition) is 3. The Balaban J connectivity index is 1.76. The minimum Gasteiger partial charge on any atom is -0.484 e. The van der Waals surface area contributed by atoms with Crippen LogP contribution in [-0.2, 0) is 16.1 Å². The summed E-state index contributed by atoms with van der Waals surface area (Å²) in [4.78, 5) is 27.9. The lowest BCUT2D eigenvalue weighted by Gasteiger charge is -2.31. The first-order chi connectivity index (χ1) is 15.0. The van der Waals surface area contributed by atoms with E-state index in [1.54, 1.807) is 4.90 Å². The number of carbonyl (C=O) groups is 2. The van der Waals surface area contributed by atoms with Crippen molar-refractivity contribution in [2.75, 3.05) is 6.61 Å². The molecular formula is C25H31FN2O3. The van der Waals surface area contributed by atoms with Gasteiger partial charge in [0.1, 0.15) is 17.6 Å². The van der Waals surface area contributed by atoms with Gasteiger partial charge in [-0.15, -0.1) is 0 Å². The highest BCUT2D eigenvalue weighted by Gasteiger charge is 2.31. The standard InChI is InChI=1S/C25H31FN2O3/c1-3-23(25(30)27-21-10-6-7-11-21)28(16-19-9-5-4-8-18(19)2)24(29)17-31-22-14-12-20(26)13-15-22/h4-5,8-9,12-15,21,23H,3,6-7,10-11,16-17H2,1-2H3,(H,27,30). The zero-order valence-electron chi connectivity index (χ0n) is 18.3.